The molecule has 1 amide bonds. The Hall–Kier alpha value is -1.43. The molecule has 94 valence electrons. The van der Waals surface area contributed by atoms with Gasteiger partial charge in [0.05, 0.1) is 22.3 Å². The van der Waals surface area contributed by atoms with E-state index in [0.29, 0.717) is 23.4 Å². The number of aromatic nitrogens is 2. The number of hydrogen-bond acceptors (Lipinski definition) is 3. The van der Waals surface area contributed by atoms with Crippen molar-refractivity contribution in [2.75, 3.05) is 0 Å². The lowest BCUT2D eigenvalue weighted by Crippen LogP contribution is -2.56. The summed E-state index contributed by atoms with van der Waals surface area (Å²) in [6.45, 7) is 5.69. The molecule has 1 rings (SSSR count). The van der Waals surface area contributed by atoms with E-state index >= 15 is 0 Å². The maximum Gasteiger partial charge on any atom is 0.255 e. The van der Waals surface area contributed by atoms with Crippen molar-refractivity contribution >= 4 is 23.1 Å². The van der Waals surface area contributed by atoms with Gasteiger partial charge >= 0.3 is 0 Å². The summed E-state index contributed by atoms with van der Waals surface area (Å²) in [4.78, 5) is 12.4. The molecule has 1 aromatic heterocycles. The summed E-state index contributed by atoms with van der Waals surface area (Å²) in [5.41, 5.74) is 6.36. The standard InChI is InChI=1S/C11H18N4OS/c1-4-11(5-2,10(12)17)14-9(16)8-6-13-15-7(8)3/h6H,4-5H2,1-3H3,(H2,12,17)(H,13,15)(H,14,16). The van der Waals surface area contributed by atoms with E-state index in [0.717, 1.165) is 5.69 Å². The van der Waals surface area contributed by atoms with E-state index < -0.39 is 5.54 Å². The Morgan fingerprint density at radius 2 is 2.18 bits per heavy atom. The highest BCUT2D eigenvalue weighted by Gasteiger charge is 2.32. The molecule has 0 aliphatic carbocycles. The van der Waals surface area contributed by atoms with E-state index in [2.05, 4.69) is 15.5 Å². The van der Waals surface area contributed by atoms with E-state index in [1.54, 1.807) is 6.92 Å². The smallest absolute Gasteiger partial charge is 0.255 e. The first-order valence-electron chi connectivity index (χ1n) is 5.59. The Bertz CT molecular complexity index is 423. The molecule has 4 N–H and O–H groups in total. The Labute approximate surface area is 106 Å². The second-order valence-electron chi connectivity index (χ2n) is 4.02. The number of aromatic amines is 1. The largest absolute Gasteiger partial charge is 0.391 e. The number of carbonyl (C=O) groups excluding carboxylic acids is 1. The van der Waals surface area contributed by atoms with E-state index in [1.165, 1.54) is 6.20 Å². The van der Waals surface area contributed by atoms with Crippen LogP contribution in [0, 0.1) is 6.92 Å². The van der Waals surface area contributed by atoms with E-state index in [1.807, 2.05) is 13.8 Å². The van der Waals surface area contributed by atoms with Crippen LogP contribution >= 0.6 is 12.2 Å². The average Bonchev–Trinajstić information content (AvgIpc) is 2.72. The second kappa shape index (κ2) is 5.27. The molecule has 0 unspecified atom stereocenters. The quantitative estimate of drug-likeness (QED) is 0.691. The summed E-state index contributed by atoms with van der Waals surface area (Å²) < 4.78 is 0. The molecule has 0 bridgehead atoms. The predicted molar refractivity (Wildman–Crippen MR) is 70.9 cm³/mol. The van der Waals surface area contributed by atoms with Gasteiger partial charge in [-0.2, -0.15) is 5.10 Å². The number of nitrogens with zero attached hydrogens (tertiary/aromatic N) is 1. The number of carbonyl (C=O) groups is 1. The average molecular weight is 254 g/mol. The van der Waals surface area contributed by atoms with Crippen molar-refractivity contribution < 1.29 is 4.79 Å². The van der Waals surface area contributed by atoms with Gasteiger partial charge in [0.1, 0.15) is 0 Å². The molecule has 1 aromatic rings. The number of H-pyrrole nitrogens is 1. The molecule has 0 aliphatic heterocycles. The number of rotatable bonds is 5. The molecule has 1 heterocycles. The number of aryl methyl sites for hydroxylation is 1. The highest BCUT2D eigenvalue weighted by molar-refractivity contribution is 7.80. The number of nitrogens with one attached hydrogen (secondary N) is 2. The van der Waals surface area contributed by atoms with Crippen LogP contribution in [0.2, 0.25) is 0 Å². The summed E-state index contributed by atoms with van der Waals surface area (Å²) in [6, 6.07) is 0. The Morgan fingerprint density at radius 1 is 1.59 bits per heavy atom. The van der Waals surface area contributed by atoms with Crippen LogP contribution in [0.1, 0.15) is 42.7 Å². The third kappa shape index (κ3) is 2.63. The van der Waals surface area contributed by atoms with Crippen LogP contribution in [0.15, 0.2) is 6.20 Å². The van der Waals surface area contributed by atoms with Crippen LogP contribution in [0.4, 0.5) is 0 Å². The molecule has 0 spiro atoms. The predicted octanol–water partition coefficient (Wildman–Crippen LogP) is 1.29. The molecular formula is C11H18N4OS. The van der Waals surface area contributed by atoms with Crippen LogP contribution in [-0.4, -0.2) is 26.6 Å². The molecule has 0 atom stereocenters. The zero-order valence-corrected chi connectivity index (χ0v) is 11.1. The highest BCUT2D eigenvalue weighted by Crippen LogP contribution is 2.17. The Morgan fingerprint density at radius 3 is 2.53 bits per heavy atom. The van der Waals surface area contributed by atoms with Crippen molar-refractivity contribution in [1.82, 2.24) is 15.5 Å². The maximum absolute atomic E-state index is 12.1. The third-order valence-corrected chi connectivity index (χ3v) is 3.50. The van der Waals surface area contributed by atoms with Crippen LogP contribution in [0.3, 0.4) is 0 Å². The molecule has 6 heteroatoms. The zero-order chi connectivity index (χ0) is 13.1. The summed E-state index contributed by atoms with van der Waals surface area (Å²) in [5.74, 6) is -0.201. The molecule has 0 aliphatic rings. The van der Waals surface area contributed by atoms with Gasteiger partial charge in [-0.1, -0.05) is 26.1 Å². The van der Waals surface area contributed by atoms with Gasteiger partial charge in [0.15, 0.2) is 0 Å². The summed E-state index contributed by atoms with van der Waals surface area (Å²) in [7, 11) is 0. The highest BCUT2D eigenvalue weighted by atomic mass is 32.1. The van der Waals surface area contributed by atoms with Gasteiger partial charge in [-0.25, -0.2) is 0 Å². The molecular weight excluding hydrogens is 236 g/mol. The Balaban J connectivity index is 2.93. The summed E-state index contributed by atoms with van der Waals surface area (Å²) >= 11 is 5.05. The maximum atomic E-state index is 12.1. The van der Waals surface area contributed by atoms with Crippen molar-refractivity contribution in [3.05, 3.63) is 17.5 Å². The van der Waals surface area contributed by atoms with E-state index in [9.17, 15) is 4.79 Å². The van der Waals surface area contributed by atoms with Crippen molar-refractivity contribution in [2.24, 2.45) is 5.73 Å². The van der Waals surface area contributed by atoms with Gasteiger partial charge in [0.2, 0.25) is 0 Å². The molecule has 5 nitrogen and oxygen atoms in total. The first-order valence-corrected chi connectivity index (χ1v) is 6.00. The molecule has 0 fully saturated rings. The molecule has 17 heavy (non-hydrogen) atoms. The zero-order valence-electron chi connectivity index (χ0n) is 10.3. The van der Waals surface area contributed by atoms with Gasteiger partial charge in [0, 0.05) is 5.69 Å². The van der Waals surface area contributed by atoms with Gasteiger partial charge < -0.3 is 11.1 Å². The molecule has 0 radical (unpaired) electrons. The minimum Gasteiger partial charge on any atom is -0.391 e. The fourth-order valence-electron chi connectivity index (χ4n) is 1.70. The van der Waals surface area contributed by atoms with Crippen molar-refractivity contribution in [3.63, 3.8) is 0 Å². The number of nitrogens with two attached hydrogens (primary N) is 1. The van der Waals surface area contributed by atoms with Crippen LogP contribution < -0.4 is 11.1 Å². The number of thiocarbonyl (C=S) groups is 1. The van der Waals surface area contributed by atoms with Gasteiger partial charge in [-0.05, 0) is 19.8 Å². The fraction of sp³-hybridized carbons (Fsp3) is 0.545. The van der Waals surface area contributed by atoms with Gasteiger partial charge in [0.25, 0.3) is 5.91 Å². The minimum absolute atomic E-state index is 0.201. The SMILES string of the molecule is CCC(CC)(NC(=O)c1cn[nH]c1C)C(N)=S. The van der Waals surface area contributed by atoms with E-state index in [4.69, 9.17) is 18.0 Å². The minimum atomic E-state index is -0.615. The summed E-state index contributed by atoms with van der Waals surface area (Å²) in [5, 5.41) is 9.45. The monoisotopic (exact) mass is 254 g/mol. The van der Waals surface area contributed by atoms with Crippen LogP contribution in [-0.2, 0) is 0 Å². The van der Waals surface area contributed by atoms with E-state index in [-0.39, 0.29) is 5.91 Å². The Kier molecular flexibility index (Phi) is 4.22. The van der Waals surface area contributed by atoms with Crippen molar-refractivity contribution in [3.8, 4) is 0 Å². The summed E-state index contributed by atoms with van der Waals surface area (Å²) in [6.07, 6.45) is 2.84. The van der Waals surface area contributed by atoms with Crippen LogP contribution in [0.25, 0.3) is 0 Å². The molecule has 0 saturated heterocycles. The first kappa shape index (κ1) is 13.6. The number of amides is 1. The lowest BCUT2D eigenvalue weighted by Gasteiger charge is -2.31. The second-order valence-corrected chi connectivity index (χ2v) is 4.46. The normalized spacial score (nSPS) is 11.2. The number of hydrogen-bond donors (Lipinski definition) is 3. The van der Waals surface area contributed by atoms with Gasteiger partial charge in [-0.3, -0.25) is 9.89 Å². The van der Waals surface area contributed by atoms with Crippen molar-refractivity contribution in [1.29, 1.82) is 0 Å². The van der Waals surface area contributed by atoms with Crippen molar-refractivity contribution in [2.45, 2.75) is 39.2 Å². The lowest BCUT2D eigenvalue weighted by molar-refractivity contribution is 0.0919. The van der Waals surface area contributed by atoms with Crippen LogP contribution in [0.5, 0.6) is 0 Å². The van der Waals surface area contributed by atoms with Gasteiger partial charge in [-0.15, -0.1) is 0 Å². The molecule has 0 saturated carbocycles. The first-order chi connectivity index (χ1) is 7.96. The lowest BCUT2D eigenvalue weighted by atomic mass is 9.92. The molecule has 0 aromatic carbocycles. The topological polar surface area (TPSA) is 83.8 Å². The third-order valence-electron chi connectivity index (χ3n) is 3.11. The fourth-order valence-corrected chi connectivity index (χ4v) is 2.04.